The summed E-state index contributed by atoms with van der Waals surface area (Å²) in [7, 11) is 0. The first-order valence-corrected chi connectivity index (χ1v) is 23.7. The highest BCUT2D eigenvalue weighted by Gasteiger charge is 2.47. The Morgan fingerprint density at radius 2 is 1.02 bits per heavy atom. The molecule has 2 heterocycles. The summed E-state index contributed by atoms with van der Waals surface area (Å²) in [5.74, 6) is -0.420. The predicted octanol–water partition coefficient (Wildman–Crippen LogP) is 6.12. The first-order chi connectivity index (χ1) is 31.1. The van der Waals surface area contributed by atoms with E-state index in [0.29, 0.717) is 19.4 Å². The second-order valence-corrected chi connectivity index (χ2v) is 16.2. The van der Waals surface area contributed by atoms with Crippen molar-refractivity contribution in [3.05, 3.63) is 85.1 Å². The third-order valence-electron chi connectivity index (χ3n) is 10.7. The summed E-state index contributed by atoms with van der Waals surface area (Å²) in [5, 5.41) is 72.0. The summed E-state index contributed by atoms with van der Waals surface area (Å²) < 4.78 is 34.0. The lowest BCUT2D eigenvalue weighted by atomic mass is 9.98. The van der Waals surface area contributed by atoms with E-state index in [1.165, 1.54) is 12.8 Å². The highest BCUT2D eigenvalue weighted by Crippen LogP contribution is 2.26. The molecule has 0 aromatic carbocycles. The molecule has 14 nitrogen and oxygen atoms in total. The first kappa shape index (κ1) is 57.3. The van der Waals surface area contributed by atoms with Crippen molar-refractivity contribution in [2.75, 3.05) is 33.0 Å². The van der Waals surface area contributed by atoms with Crippen molar-refractivity contribution in [3.63, 3.8) is 0 Å². The van der Waals surface area contributed by atoms with Gasteiger partial charge in [0, 0.05) is 6.42 Å². The molecule has 0 bridgehead atoms. The molecule has 2 aliphatic rings. The Morgan fingerprint density at radius 1 is 0.531 bits per heavy atom. The Hall–Kier alpha value is -2.83. The number of carbonyl (C=O) groups is 1. The molecule has 2 saturated heterocycles. The number of rotatable bonds is 35. The van der Waals surface area contributed by atoms with Gasteiger partial charge >= 0.3 is 5.97 Å². The van der Waals surface area contributed by atoms with Gasteiger partial charge < -0.3 is 64.2 Å². The molecule has 2 rings (SSSR count). The van der Waals surface area contributed by atoms with Crippen molar-refractivity contribution in [3.8, 4) is 0 Å². The minimum Gasteiger partial charge on any atom is -0.457 e. The summed E-state index contributed by atoms with van der Waals surface area (Å²) in [6.07, 6.45) is 29.6. The minimum absolute atomic E-state index is 0.00383. The first-order valence-electron chi connectivity index (χ1n) is 23.7. The zero-order valence-electron chi connectivity index (χ0n) is 38.5. The van der Waals surface area contributed by atoms with Gasteiger partial charge in [-0.3, -0.25) is 4.79 Å². The molecule has 7 N–H and O–H groups in total. The average Bonchev–Trinajstić information content (AvgIpc) is 3.29. The van der Waals surface area contributed by atoms with Gasteiger partial charge in [-0.25, -0.2) is 0 Å². The number of esters is 1. The molecule has 366 valence electrons. The Morgan fingerprint density at radius 3 is 1.59 bits per heavy atom. The van der Waals surface area contributed by atoms with E-state index < -0.39 is 86.7 Å². The Bertz CT molecular complexity index is 1380. The van der Waals surface area contributed by atoms with E-state index in [9.17, 15) is 40.5 Å². The highest BCUT2D eigenvalue weighted by atomic mass is 16.7. The van der Waals surface area contributed by atoms with Crippen molar-refractivity contribution in [1.29, 1.82) is 0 Å². The van der Waals surface area contributed by atoms with E-state index in [1.807, 2.05) is 6.08 Å². The standard InChI is InChI=1S/C50H82O14/c1-3-5-7-9-11-13-15-17-19-20-22-24-26-28-30-32-34-59-36-39(62-42(52)33-31-29-27-25-23-21-18-16-14-12-10-8-6-4-2)37-60-49-48(58)46(56)44(54)41(64-49)38-61-50-47(57)45(55)43(53)40(35-51)63-50/h5,7,10-13,16-19,22,24,28,30,39-41,43-51,53-58H,3-4,6,8-9,14-15,20-21,23,25-27,29,31-38H2,1-2H3/b7-5-,12-10-,13-11-,18-16-,19-17-,24-22-,30-28-. The largest absolute Gasteiger partial charge is 0.457 e. The van der Waals surface area contributed by atoms with Gasteiger partial charge in [-0.1, -0.05) is 131 Å². The zero-order chi connectivity index (χ0) is 46.6. The molecule has 0 spiro atoms. The van der Waals surface area contributed by atoms with E-state index in [0.717, 1.165) is 77.0 Å². The third kappa shape index (κ3) is 25.2. The maximum Gasteiger partial charge on any atom is 0.306 e. The predicted molar refractivity (Wildman–Crippen MR) is 247 cm³/mol. The number of hydrogen-bond acceptors (Lipinski definition) is 14. The molecule has 14 heteroatoms. The molecule has 0 radical (unpaired) electrons. The lowest BCUT2D eigenvalue weighted by Gasteiger charge is -2.42. The maximum atomic E-state index is 13.0. The van der Waals surface area contributed by atoms with Crippen LogP contribution in [-0.4, -0.2) is 142 Å². The van der Waals surface area contributed by atoms with Crippen LogP contribution in [0.1, 0.15) is 123 Å². The lowest BCUT2D eigenvalue weighted by Crippen LogP contribution is -2.61. The Kier molecular flexibility index (Phi) is 33.4. The van der Waals surface area contributed by atoms with Crippen molar-refractivity contribution >= 4 is 5.97 Å². The molecule has 0 saturated carbocycles. The molecular weight excluding hydrogens is 825 g/mol. The van der Waals surface area contributed by atoms with Crippen molar-refractivity contribution in [2.24, 2.45) is 0 Å². The smallest absolute Gasteiger partial charge is 0.306 e. The molecule has 0 aromatic heterocycles. The Balaban J connectivity index is 1.85. The van der Waals surface area contributed by atoms with Gasteiger partial charge in [-0.05, 0) is 70.6 Å². The van der Waals surface area contributed by atoms with Crippen molar-refractivity contribution < 1.29 is 69.0 Å². The molecule has 11 unspecified atom stereocenters. The molecule has 0 amide bonds. The van der Waals surface area contributed by atoms with Crippen LogP contribution in [0.5, 0.6) is 0 Å². The second kappa shape index (κ2) is 37.3. The lowest BCUT2D eigenvalue weighted by molar-refractivity contribution is -0.332. The molecular formula is C50H82O14. The average molecular weight is 907 g/mol. The van der Waals surface area contributed by atoms with Crippen molar-refractivity contribution in [2.45, 2.75) is 191 Å². The minimum atomic E-state index is -1.73. The van der Waals surface area contributed by atoms with E-state index in [4.69, 9.17) is 28.4 Å². The quantitative estimate of drug-likeness (QED) is 0.0217. The van der Waals surface area contributed by atoms with E-state index in [1.54, 1.807) is 0 Å². The van der Waals surface area contributed by atoms with Crippen LogP contribution in [0.2, 0.25) is 0 Å². The van der Waals surface area contributed by atoms with Gasteiger partial charge in [0.2, 0.25) is 0 Å². The van der Waals surface area contributed by atoms with Gasteiger partial charge in [0.25, 0.3) is 0 Å². The van der Waals surface area contributed by atoms with Crippen LogP contribution in [0.4, 0.5) is 0 Å². The monoisotopic (exact) mass is 907 g/mol. The number of allylic oxidation sites excluding steroid dienone is 13. The number of carbonyl (C=O) groups excluding carboxylic acids is 1. The second-order valence-electron chi connectivity index (χ2n) is 16.2. The molecule has 2 aliphatic heterocycles. The Labute approximate surface area is 382 Å². The van der Waals surface area contributed by atoms with Gasteiger partial charge in [0.05, 0.1) is 33.0 Å². The fourth-order valence-electron chi connectivity index (χ4n) is 6.78. The van der Waals surface area contributed by atoms with Crippen LogP contribution in [0.15, 0.2) is 85.1 Å². The van der Waals surface area contributed by atoms with Crippen molar-refractivity contribution in [1.82, 2.24) is 0 Å². The number of unbranched alkanes of at least 4 members (excludes halogenated alkanes) is 7. The van der Waals surface area contributed by atoms with Gasteiger partial charge in [-0.15, -0.1) is 0 Å². The van der Waals surface area contributed by atoms with Crippen LogP contribution in [0.3, 0.4) is 0 Å². The number of ether oxygens (including phenoxy) is 6. The topological polar surface area (TPSA) is 214 Å². The van der Waals surface area contributed by atoms with Crippen LogP contribution in [0.25, 0.3) is 0 Å². The summed E-state index contributed by atoms with van der Waals surface area (Å²) >= 11 is 0. The summed E-state index contributed by atoms with van der Waals surface area (Å²) in [4.78, 5) is 13.0. The number of aliphatic hydroxyl groups is 7. The molecule has 0 aromatic rings. The highest BCUT2D eigenvalue weighted by molar-refractivity contribution is 5.69. The fraction of sp³-hybridized carbons (Fsp3) is 0.700. The SMILES string of the molecule is CC/C=C\C/C=C\C/C=C\C/C=C\C/C=C\CCOCC(COC1OC(COC2OC(CO)C(O)C(O)C2O)C(O)C(O)C1O)OC(=O)CCCCCCC/C=C\C/C=C\CCCC. The van der Waals surface area contributed by atoms with Gasteiger partial charge in [0.15, 0.2) is 12.6 Å². The van der Waals surface area contributed by atoms with Crippen LogP contribution in [-0.2, 0) is 33.2 Å². The summed E-state index contributed by atoms with van der Waals surface area (Å²) in [5.41, 5.74) is 0. The molecule has 0 aliphatic carbocycles. The normalized spacial score (nSPS) is 27.5. The molecule has 64 heavy (non-hydrogen) atoms. The fourth-order valence-corrected chi connectivity index (χ4v) is 6.78. The van der Waals surface area contributed by atoms with Crippen LogP contribution in [0, 0.1) is 0 Å². The molecule has 2 fully saturated rings. The third-order valence-corrected chi connectivity index (χ3v) is 10.7. The van der Waals surface area contributed by atoms with Gasteiger partial charge in [-0.2, -0.15) is 0 Å². The molecule has 11 atom stereocenters. The van der Waals surface area contributed by atoms with Crippen LogP contribution >= 0.6 is 0 Å². The van der Waals surface area contributed by atoms with E-state index >= 15 is 0 Å². The van der Waals surface area contributed by atoms with E-state index in [2.05, 4.69) is 92.8 Å². The number of hydrogen-bond donors (Lipinski definition) is 7. The summed E-state index contributed by atoms with van der Waals surface area (Å²) in [6.45, 7) is 3.24. The maximum absolute atomic E-state index is 13.0. The van der Waals surface area contributed by atoms with Gasteiger partial charge in [0.1, 0.15) is 54.9 Å². The number of aliphatic hydroxyl groups excluding tert-OH is 7. The zero-order valence-corrected chi connectivity index (χ0v) is 38.5. The van der Waals surface area contributed by atoms with E-state index in [-0.39, 0.29) is 19.6 Å². The summed E-state index contributed by atoms with van der Waals surface area (Å²) in [6, 6.07) is 0. The van der Waals surface area contributed by atoms with Crippen LogP contribution < -0.4 is 0 Å².